The van der Waals surface area contributed by atoms with Crippen molar-refractivity contribution in [2.75, 3.05) is 0 Å². The van der Waals surface area contributed by atoms with Gasteiger partial charge < -0.3 is 5.11 Å². The molecule has 0 spiro atoms. The fraction of sp³-hybridized carbons (Fsp3) is 0.286. The number of aromatic nitrogens is 4. The average Bonchev–Trinajstić information content (AvgIpc) is 3.64. The molecule has 6 nitrogen and oxygen atoms in total. The Hall–Kier alpha value is -3.13. The molecule has 0 radical (unpaired) electrons. The van der Waals surface area contributed by atoms with E-state index in [2.05, 4.69) is 15.0 Å². The van der Waals surface area contributed by atoms with Gasteiger partial charge in [0, 0.05) is 18.1 Å². The van der Waals surface area contributed by atoms with Crippen molar-refractivity contribution in [1.29, 1.82) is 0 Å². The average molecular weight is 539 g/mol. The van der Waals surface area contributed by atoms with Crippen LogP contribution < -0.4 is 5.56 Å². The normalized spacial score (nSPS) is 17.2. The van der Waals surface area contributed by atoms with Crippen molar-refractivity contribution in [1.82, 2.24) is 19.5 Å². The van der Waals surface area contributed by atoms with Crippen LogP contribution in [-0.4, -0.2) is 24.6 Å². The summed E-state index contributed by atoms with van der Waals surface area (Å²) in [5.74, 6) is 0.00763. The molecule has 3 heterocycles. The monoisotopic (exact) mass is 538 g/mol. The SMILES string of the molecule is Cc1cnc(-c2ccnc(C(C)(C)O)n2)cc1-n1c(C)cc([C@@H]2CC2c2ccc(F)c(Cl)c2)c(Cl)c1=O. The van der Waals surface area contributed by atoms with Gasteiger partial charge in [0.25, 0.3) is 5.56 Å². The Morgan fingerprint density at radius 3 is 2.51 bits per heavy atom. The highest BCUT2D eigenvalue weighted by molar-refractivity contribution is 6.31. The third-order valence-electron chi connectivity index (χ3n) is 6.70. The first-order chi connectivity index (χ1) is 17.5. The summed E-state index contributed by atoms with van der Waals surface area (Å²) in [5, 5.41) is 10.6. The predicted octanol–water partition coefficient (Wildman–Crippen LogP) is 6.25. The Balaban J connectivity index is 1.53. The first-order valence-corrected chi connectivity index (χ1v) is 12.6. The zero-order valence-electron chi connectivity index (χ0n) is 20.8. The number of hydrogen-bond acceptors (Lipinski definition) is 5. The summed E-state index contributed by atoms with van der Waals surface area (Å²) in [4.78, 5) is 26.7. The van der Waals surface area contributed by atoms with Gasteiger partial charge in [-0.3, -0.25) is 14.3 Å². The molecule has 1 aliphatic carbocycles. The van der Waals surface area contributed by atoms with E-state index in [4.69, 9.17) is 23.2 Å². The lowest BCUT2D eigenvalue weighted by Gasteiger charge is -2.17. The van der Waals surface area contributed by atoms with Gasteiger partial charge in [-0.1, -0.05) is 29.3 Å². The minimum Gasteiger partial charge on any atom is -0.382 e. The van der Waals surface area contributed by atoms with Crippen LogP contribution in [0.2, 0.25) is 10.0 Å². The van der Waals surface area contributed by atoms with E-state index in [1.165, 1.54) is 6.07 Å². The molecule has 2 atom stereocenters. The van der Waals surface area contributed by atoms with E-state index < -0.39 is 11.4 Å². The van der Waals surface area contributed by atoms with Crippen molar-refractivity contribution in [2.45, 2.75) is 51.6 Å². The molecule has 37 heavy (non-hydrogen) atoms. The van der Waals surface area contributed by atoms with Crippen molar-refractivity contribution < 1.29 is 9.50 Å². The standard InChI is InChI=1S/C28H25Cl2FN4O2/c1-14-13-33-23(22-7-8-32-27(34-22)28(3,4)37)12-24(14)35-15(2)9-19(25(30)26(35)36)18-11-17(18)16-5-6-21(31)20(29)10-16/h5-10,12-13,17-18,37H,11H2,1-4H3/t17?,18-/m1/s1. The van der Waals surface area contributed by atoms with E-state index >= 15 is 0 Å². The fourth-order valence-electron chi connectivity index (χ4n) is 4.64. The van der Waals surface area contributed by atoms with Gasteiger partial charge in [0.1, 0.15) is 16.4 Å². The number of aliphatic hydroxyl groups is 1. The molecule has 190 valence electrons. The van der Waals surface area contributed by atoms with Crippen LogP contribution in [-0.2, 0) is 5.60 Å². The lowest BCUT2D eigenvalue weighted by molar-refractivity contribution is 0.0688. The molecular formula is C28H25Cl2FN4O2. The van der Waals surface area contributed by atoms with E-state index in [1.54, 1.807) is 55.1 Å². The molecule has 3 aromatic heterocycles. The summed E-state index contributed by atoms with van der Waals surface area (Å²) in [5.41, 5.74) is 3.41. The smallest absolute Gasteiger partial charge is 0.274 e. The molecule has 0 amide bonds. The maximum absolute atomic E-state index is 13.6. The predicted molar refractivity (Wildman–Crippen MR) is 142 cm³/mol. The quantitative estimate of drug-likeness (QED) is 0.324. The van der Waals surface area contributed by atoms with Crippen LogP contribution in [0, 0.1) is 19.7 Å². The van der Waals surface area contributed by atoms with Gasteiger partial charge in [0.2, 0.25) is 0 Å². The van der Waals surface area contributed by atoms with Gasteiger partial charge in [0.15, 0.2) is 5.82 Å². The van der Waals surface area contributed by atoms with Gasteiger partial charge in [-0.25, -0.2) is 14.4 Å². The second-order valence-corrected chi connectivity index (χ2v) is 10.8. The van der Waals surface area contributed by atoms with E-state index in [1.807, 2.05) is 19.9 Å². The van der Waals surface area contributed by atoms with E-state index in [-0.39, 0.29) is 33.3 Å². The maximum Gasteiger partial charge on any atom is 0.274 e. The highest BCUT2D eigenvalue weighted by Gasteiger charge is 2.41. The van der Waals surface area contributed by atoms with Crippen molar-refractivity contribution in [3.05, 3.63) is 103 Å². The highest BCUT2D eigenvalue weighted by Crippen LogP contribution is 2.56. The molecule has 0 aliphatic heterocycles. The minimum atomic E-state index is -1.21. The lowest BCUT2D eigenvalue weighted by Crippen LogP contribution is -2.23. The summed E-state index contributed by atoms with van der Waals surface area (Å²) in [6.45, 7) is 6.96. The third kappa shape index (κ3) is 4.79. The molecule has 1 saturated carbocycles. The topological polar surface area (TPSA) is 80.9 Å². The number of rotatable bonds is 5. The maximum atomic E-state index is 13.6. The summed E-state index contributed by atoms with van der Waals surface area (Å²) >= 11 is 12.6. The second kappa shape index (κ2) is 9.31. The molecule has 1 aliphatic rings. The van der Waals surface area contributed by atoms with E-state index in [9.17, 15) is 14.3 Å². The lowest BCUT2D eigenvalue weighted by atomic mass is 10.0. The van der Waals surface area contributed by atoms with E-state index in [0.717, 1.165) is 28.8 Å². The number of nitrogens with zero attached hydrogens (tertiary/aromatic N) is 4. The van der Waals surface area contributed by atoms with Gasteiger partial charge in [-0.2, -0.15) is 0 Å². The Morgan fingerprint density at radius 1 is 1.05 bits per heavy atom. The Bertz CT molecular complexity index is 1600. The van der Waals surface area contributed by atoms with E-state index in [0.29, 0.717) is 17.1 Å². The van der Waals surface area contributed by atoms with Gasteiger partial charge in [0.05, 0.1) is 22.1 Å². The van der Waals surface area contributed by atoms with Gasteiger partial charge in [-0.15, -0.1) is 0 Å². The Kier molecular flexibility index (Phi) is 6.42. The molecule has 1 N–H and O–H groups in total. The molecule has 1 fully saturated rings. The number of pyridine rings is 2. The number of halogens is 3. The third-order valence-corrected chi connectivity index (χ3v) is 7.37. The molecule has 9 heteroatoms. The molecule has 0 saturated heterocycles. The van der Waals surface area contributed by atoms with Crippen LogP contribution in [0.15, 0.2) is 53.6 Å². The van der Waals surface area contributed by atoms with Crippen molar-refractivity contribution in [3.8, 4) is 17.1 Å². The van der Waals surface area contributed by atoms with Crippen LogP contribution in [0.3, 0.4) is 0 Å². The second-order valence-electron chi connectivity index (χ2n) is 10.00. The van der Waals surface area contributed by atoms with Crippen LogP contribution in [0.5, 0.6) is 0 Å². The summed E-state index contributed by atoms with van der Waals surface area (Å²) < 4.78 is 15.2. The largest absolute Gasteiger partial charge is 0.382 e. The summed E-state index contributed by atoms with van der Waals surface area (Å²) in [7, 11) is 0. The number of benzene rings is 1. The van der Waals surface area contributed by atoms with Gasteiger partial charge >= 0.3 is 0 Å². The first kappa shape index (κ1) is 25.5. The van der Waals surface area contributed by atoms with Gasteiger partial charge in [-0.05, 0) is 93.0 Å². The molecule has 4 aromatic rings. The number of aryl methyl sites for hydroxylation is 2. The zero-order valence-corrected chi connectivity index (χ0v) is 22.3. The van der Waals surface area contributed by atoms with Crippen LogP contribution in [0.1, 0.15) is 60.3 Å². The Morgan fingerprint density at radius 2 is 1.81 bits per heavy atom. The molecule has 1 aromatic carbocycles. The Labute approximate surface area is 223 Å². The molecule has 0 bridgehead atoms. The highest BCUT2D eigenvalue weighted by atomic mass is 35.5. The minimum absolute atomic E-state index is 0.0606. The van der Waals surface area contributed by atoms with Crippen LogP contribution in [0.25, 0.3) is 17.1 Å². The number of hydrogen-bond donors (Lipinski definition) is 1. The van der Waals surface area contributed by atoms with Crippen molar-refractivity contribution in [3.63, 3.8) is 0 Å². The van der Waals surface area contributed by atoms with Crippen LogP contribution in [0.4, 0.5) is 4.39 Å². The molecular weight excluding hydrogens is 514 g/mol. The molecule has 1 unspecified atom stereocenters. The van der Waals surface area contributed by atoms with Crippen molar-refractivity contribution >= 4 is 23.2 Å². The molecule has 5 rings (SSSR count). The first-order valence-electron chi connectivity index (χ1n) is 11.9. The zero-order chi connectivity index (χ0) is 26.6. The fourth-order valence-corrected chi connectivity index (χ4v) is 5.11. The van der Waals surface area contributed by atoms with Crippen molar-refractivity contribution in [2.24, 2.45) is 0 Å². The van der Waals surface area contributed by atoms with Crippen LogP contribution >= 0.6 is 23.2 Å². The summed E-state index contributed by atoms with van der Waals surface area (Å²) in [6, 6.07) is 10.2. The summed E-state index contributed by atoms with van der Waals surface area (Å²) in [6.07, 6.45) is 4.06.